The fourth-order valence-corrected chi connectivity index (χ4v) is 3.73. The predicted octanol–water partition coefficient (Wildman–Crippen LogP) is 3.40. The molecule has 0 atom stereocenters. The van der Waals surface area contributed by atoms with E-state index in [1.54, 1.807) is 11.3 Å². The van der Waals surface area contributed by atoms with Gasteiger partial charge in [-0.25, -0.2) is 9.78 Å². The van der Waals surface area contributed by atoms with Gasteiger partial charge in [0.2, 0.25) is 0 Å². The lowest BCUT2D eigenvalue weighted by Gasteiger charge is -2.11. The number of urea groups is 1. The molecule has 2 amide bonds. The fraction of sp³-hybridized carbons (Fsp3) is 0.200. The van der Waals surface area contributed by atoms with Crippen LogP contribution in [-0.4, -0.2) is 30.6 Å². The van der Waals surface area contributed by atoms with Gasteiger partial charge in [0.05, 0.1) is 4.88 Å². The van der Waals surface area contributed by atoms with Crippen molar-refractivity contribution in [1.82, 2.24) is 21.2 Å². The highest BCUT2D eigenvalue weighted by atomic mass is 32.1. The lowest BCUT2D eigenvalue weighted by atomic mass is 10.2. The number of rotatable bonds is 6. The van der Waals surface area contributed by atoms with Crippen LogP contribution in [0.3, 0.4) is 0 Å². The molecule has 0 unspecified atom stereocenters. The van der Waals surface area contributed by atoms with Crippen molar-refractivity contribution >= 4 is 33.9 Å². The summed E-state index contributed by atoms with van der Waals surface area (Å²) >= 11 is 1.60. The standard InChI is InChI=1S/C20H22N6OS/c27-19(21-10-14-11-23-24-12-14)25-16-6-8-17(9-7-16)26-20-22-13-18(28-20)15-4-2-1-3-5-15/h1-9,13-14,23-24H,10-12H2,(H,22,26)(H2,21,25,27). The molecule has 1 aromatic heterocycles. The molecule has 4 rings (SSSR count). The Balaban J connectivity index is 1.29. The van der Waals surface area contributed by atoms with E-state index in [0.717, 1.165) is 40.0 Å². The SMILES string of the molecule is O=C(NCC1CNNC1)Nc1ccc(Nc2ncc(-c3ccccc3)s2)cc1. The van der Waals surface area contributed by atoms with Gasteiger partial charge < -0.3 is 16.0 Å². The Labute approximate surface area is 167 Å². The third-order valence-electron chi connectivity index (χ3n) is 4.42. The third-order valence-corrected chi connectivity index (χ3v) is 5.38. The first-order chi connectivity index (χ1) is 13.8. The summed E-state index contributed by atoms with van der Waals surface area (Å²) in [4.78, 5) is 17.6. The second kappa shape index (κ2) is 8.83. The molecule has 0 saturated carbocycles. The molecule has 28 heavy (non-hydrogen) atoms. The zero-order chi connectivity index (χ0) is 19.2. The van der Waals surface area contributed by atoms with Gasteiger partial charge in [-0.15, -0.1) is 0 Å². The predicted molar refractivity (Wildman–Crippen MR) is 114 cm³/mol. The Bertz CT molecular complexity index is 906. The monoisotopic (exact) mass is 394 g/mol. The smallest absolute Gasteiger partial charge is 0.319 e. The number of nitrogens with zero attached hydrogens (tertiary/aromatic N) is 1. The second-order valence-electron chi connectivity index (χ2n) is 6.56. The van der Waals surface area contributed by atoms with Gasteiger partial charge in [-0.1, -0.05) is 41.7 Å². The molecular weight excluding hydrogens is 372 g/mol. The minimum Gasteiger partial charge on any atom is -0.337 e. The molecule has 2 heterocycles. The van der Waals surface area contributed by atoms with Crippen LogP contribution in [-0.2, 0) is 0 Å². The highest BCUT2D eigenvalue weighted by Crippen LogP contribution is 2.30. The molecule has 144 valence electrons. The van der Waals surface area contributed by atoms with Crippen molar-refractivity contribution < 1.29 is 4.79 Å². The molecule has 0 radical (unpaired) electrons. The number of hydrogen-bond donors (Lipinski definition) is 5. The van der Waals surface area contributed by atoms with Gasteiger partial charge >= 0.3 is 6.03 Å². The van der Waals surface area contributed by atoms with Gasteiger partial charge in [0.25, 0.3) is 0 Å². The summed E-state index contributed by atoms with van der Waals surface area (Å²) in [5.74, 6) is 0.413. The van der Waals surface area contributed by atoms with Crippen LogP contribution in [0.25, 0.3) is 10.4 Å². The number of aromatic nitrogens is 1. The molecule has 3 aromatic rings. The van der Waals surface area contributed by atoms with E-state index in [0.29, 0.717) is 12.5 Å². The van der Waals surface area contributed by atoms with Crippen LogP contribution in [0.5, 0.6) is 0 Å². The first-order valence-corrected chi connectivity index (χ1v) is 9.97. The van der Waals surface area contributed by atoms with E-state index >= 15 is 0 Å². The number of nitrogens with one attached hydrogen (secondary N) is 5. The molecule has 1 saturated heterocycles. The molecule has 0 spiro atoms. The summed E-state index contributed by atoms with van der Waals surface area (Å²) < 4.78 is 0. The van der Waals surface area contributed by atoms with Crippen molar-refractivity contribution in [3.63, 3.8) is 0 Å². The maximum atomic E-state index is 12.0. The average molecular weight is 395 g/mol. The summed E-state index contributed by atoms with van der Waals surface area (Å²) in [7, 11) is 0. The summed E-state index contributed by atoms with van der Waals surface area (Å²) in [6.45, 7) is 2.37. The van der Waals surface area contributed by atoms with Crippen LogP contribution in [0, 0.1) is 5.92 Å². The average Bonchev–Trinajstić information content (AvgIpc) is 3.41. The number of benzene rings is 2. The zero-order valence-corrected chi connectivity index (χ0v) is 16.1. The maximum absolute atomic E-state index is 12.0. The van der Waals surface area contributed by atoms with E-state index in [4.69, 9.17) is 0 Å². The van der Waals surface area contributed by atoms with Crippen molar-refractivity contribution in [2.24, 2.45) is 5.92 Å². The topological polar surface area (TPSA) is 90.1 Å². The van der Waals surface area contributed by atoms with E-state index in [1.807, 2.05) is 48.7 Å². The quantitative estimate of drug-likeness (QED) is 0.442. The van der Waals surface area contributed by atoms with Crippen LogP contribution < -0.4 is 26.8 Å². The summed E-state index contributed by atoms with van der Waals surface area (Å²) in [5, 5.41) is 9.87. The number of carbonyl (C=O) groups is 1. The molecule has 2 aromatic carbocycles. The van der Waals surface area contributed by atoms with Crippen molar-refractivity contribution in [3.05, 3.63) is 60.8 Å². The van der Waals surface area contributed by atoms with Crippen molar-refractivity contribution in [1.29, 1.82) is 0 Å². The minimum atomic E-state index is -0.194. The van der Waals surface area contributed by atoms with Gasteiger partial charge in [-0.3, -0.25) is 10.9 Å². The van der Waals surface area contributed by atoms with Gasteiger partial charge in [0.15, 0.2) is 5.13 Å². The van der Waals surface area contributed by atoms with Gasteiger partial charge in [-0.05, 0) is 29.8 Å². The van der Waals surface area contributed by atoms with Crippen molar-refractivity contribution in [2.45, 2.75) is 0 Å². The van der Waals surface area contributed by atoms with Crippen LogP contribution >= 0.6 is 11.3 Å². The van der Waals surface area contributed by atoms with Crippen LogP contribution in [0.2, 0.25) is 0 Å². The maximum Gasteiger partial charge on any atom is 0.319 e. The number of carbonyl (C=O) groups excluding carboxylic acids is 1. The normalized spacial score (nSPS) is 14.0. The molecule has 1 aliphatic heterocycles. The summed E-state index contributed by atoms with van der Waals surface area (Å²) in [5.41, 5.74) is 8.92. The number of amides is 2. The summed E-state index contributed by atoms with van der Waals surface area (Å²) in [6.07, 6.45) is 1.87. The number of hydrazine groups is 1. The Morgan fingerprint density at radius 1 is 1.04 bits per heavy atom. The molecule has 1 fully saturated rings. The van der Waals surface area contributed by atoms with Gasteiger partial charge in [0, 0.05) is 43.1 Å². The van der Waals surface area contributed by atoms with Crippen molar-refractivity contribution in [3.8, 4) is 10.4 Å². The molecule has 5 N–H and O–H groups in total. The largest absolute Gasteiger partial charge is 0.337 e. The van der Waals surface area contributed by atoms with E-state index in [-0.39, 0.29) is 6.03 Å². The highest BCUT2D eigenvalue weighted by molar-refractivity contribution is 7.18. The Morgan fingerprint density at radius 2 is 1.75 bits per heavy atom. The van der Waals surface area contributed by atoms with E-state index in [1.165, 1.54) is 0 Å². The fourth-order valence-electron chi connectivity index (χ4n) is 2.89. The molecule has 1 aliphatic rings. The van der Waals surface area contributed by atoms with Crippen LogP contribution in [0.4, 0.5) is 21.3 Å². The van der Waals surface area contributed by atoms with E-state index in [2.05, 4.69) is 43.9 Å². The molecule has 8 heteroatoms. The Hall–Kier alpha value is -2.94. The number of hydrogen-bond acceptors (Lipinski definition) is 6. The first-order valence-electron chi connectivity index (χ1n) is 9.15. The van der Waals surface area contributed by atoms with Gasteiger partial charge in [0.1, 0.15) is 0 Å². The van der Waals surface area contributed by atoms with Gasteiger partial charge in [-0.2, -0.15) is 0 Å². The molecule has 0 aliphatic carbocycles. The lowest BCUT2D eigenvalue weighted by Crippen LogP contribution is -2.34. The third kappa shape index (κ3) is 4.86. The molecular formula is C20H22N6OS. The van der Waals surface area contributed by atoms with E-state index < -0.39 is 0 Å². The van der Waals surface area contributed by atoms with E-state index in [9.17, 15) is 4.79 Å². The minimum absolute atomic E-state index is 0.194. The van der Waals surface area contributed by atoms with Crippen LogP contribution in [0.1, 0.15) is 0 Å². The molecule has 7 nitrogen and oxygen atoms in total. The Morgan fingerprint density at radius 3 is 2.50 bits per heavy atom. The Kier molecular flexibility index (Phi) is 5.81. The zero-order valence-electron chi connectivity index (χ0n) is 15.2. The number of anilines is 3. The number of thiazole rings is 1. The first kappa shape index (κ1) is 18.4. The second-order valence-corrected chi connectivity index (χ2v) is 7.59. The van der Waals surface area contributed by atoms with Crippen LogP contribution in [0.15, 0.2) is 60.8 Å². The molecule has 0 bridgehead atoms. The summed E-state index contributed by atoms with van der Waals surface area (Å²) in [6, 6.07) is 17.6. The highest BCUT2D eigenvalue weighted by Gasteiger charge is 2.14. The van der Waals surface area contributed by atoms with Crippen molar-refractivity contribution in [2.75, 3.05) is 30.3 Å². The lowest BCUT2D eigenvalue weighted by molar-refractivity contribution is 0.250.